The molecule has 0 heterocycles. The van der Waals surface area contributed by atoms with E-state index in [0.717, 1.165) is 11.4 Å². The standard InChI is InChI=1S/C13H16N2O3/c1-9(8-13(17)18-3)14-11-4-6-12(7-5-11)15-10(2)16/h4-8,14H,1-3H3,(H,15,16)/b9-8+. The molecule has 1 rings (SSSR count). The summed E-state index contributed by atoms with van der Waals surface area (Å²) in [5, 5.41) is 5.71. The van der Waals surface area contributed by atoms with Crippen LogP contribution in [0.15, 0.2) is 36.0 Å². The fraction of sp³-hybridized carbons (Fsp3) is 0.231. The molecular weight excluding hydrogens is 232 g/mol. The number of ether oxygens (including phenoxy) is 1. The minimum Gasteiger partial charge on any atom is -0.466 e. The highest BCUT2D eigenvalue weighted by atomic mass is 16.5. The summed E-state index contributed by atoms with van der Waals surface area (Å²) in [5.74, 6) is -0.521. The van der Waals surface area contributed by atoms with Gasteiger partial charge in [0.25, 0.3) is 0 Å². The number of anilines is 2. The quantitative estimate of drug-likeness (QED) is 0.632. The van der Waals surface area contributed by atoms with Crippen LogP contribution in [0.4, 0.5) is 11.4 Å². The molecular formula is C13H16N2O3. The van der Waals surface area contributed by atoms with Gasteiger partial charge in [0.1, 0.15) is 0 Å². The van der Waals surface area contributed by atoms with Gasteiger partial charge in [-0.2, -0.15) is 0 Å². The number of hydrogen-bond acceptors (Lipinski definition) is 4. The van der Waals surface area contributed by atoms with E-state index in [1.54, 1.807) is 31.2 Å². The number of carbonyl (C=O) groups is 2. The van der Waals surface area contributed by atoms with Crippen LogP contribution in [0.25, 0.3) is 0 Å². The van der Waals surface area contributed by atoms with Crippen LogP contribution >= 0.6 is 0 Å². The molecule has 2 N–H and O–H groups in total. The summed E-state index contributed by atoms with van der Waals surface area (Å²) >= 11 is 0. The van der Waals surface area contributed by atoms with E-state index in [0.29, 0.717) is 5.70 Å². The second kappa shape index (κ2) is 6.44. The minimum atomic E-state index is -0.408. The SMILES string of the molecule is COC(=O)/C=C(\C)Nc1ccc(NC(C)=O)cc1. The van der Waals surface area contributed by atoms with E-state index >= 15 is 0 Å². The zero-order valence-corrected chi connectivity index (χ0v) is 10.6. The van der Waals surface area contributed by atoms with Crippen LogP contribution in [0, 0.1) is 0 Å². The maximum absolute atomic E-state index is 11.0. The van der Waals surface area contributed by atoms with Gasteiger partial charge in [-0.3, -0.25) is 4.79 Å². The molecule has 0 atom stereocenters. The molecule has 0 aliphatic heterocycles. The maximum Gasteiger partial charge on any atom is 0.332 e. The number of benzene rings is 1. The van der Waals surface area contributed by atoms with Crippen molar-refractivity contribution in [3.8, 4) is 0 Å². The highest BCUT2D eigenvalue weighted by Crippen LogP contribution is 2.15. The van der Waals surface area contributed by atoms with Crippen molar-refractivity contribution in [2.75, 3.05) is 17.7 Å². The highest BCUT2D eigenvalue weighted by Gasteiger charge is 1.99. The number of methoxy groups -OCH3 is 1. The Kier molecular flexibility index (Phi) is 4.92. The summed E-state index contributed by atoms with van der Waals surface area (Å²) in [6.45, 7) is 3.22. The van der Waals surface area contributed by atoms with Gasteiger partial charge in [-0.25, -0.2) is 4.79 Å². The number of allylic oxidation sites excluding steroid dienone is 1. The van der Waals surface area contributed by atoms with Crippen molar-refractivity contribution in [1.82, 2.24) is 0 Å². The summed E-state index contributed by atoms with van der Waals surface area (Å²) in [5.41, 5.74) is 2.22. The van der Waals surface area contributed by atoms with Gasteiger partial charge < -0.3 is 15.4 Å². The van der Waals surface area contributed by atoms with Gasteiger partial charge in [-0.15, -0.1) is 0 Å². The largest absolute Gasteiger partial charge is 0.466 e. The van der Waals surface area contributed by atoms with Gasteiger partial charge in [0.15, 0.2) is 0 Å². The molecule has 96 valence electrons. The van der Waals surface area contributed by atoms with Crippen LogP contribution in [0.1, 0.15) is 13.8 Å². The first-order chi connectivity index (χ1) is 8.51. The van der Waals surface area contributed by atoms with E-state index in [9.17, 15) is 9.59 Å². The summed E-state index contributed by atoms with van der Waals surface area (Å²) in [6.07, 6.45) is 1.36. The van der Waals surface area contributed by atoms with Crippen molar-refractivity contribution in [2.45, 2.75) is 13.8 Å². The van der Waals surface area contributed by atoms with Gasteiger partial charge in [-0.1, -0.05) is 0 Å². The molecule has 18 heavy (non-hydrogen) atoms. The Balaban J connectivity index is 2.66. The van der Waals surface area contributed by atoms with E-state index in [1.807, 2.05) is 0 Å². The molecule has 1 aromatic carbocycles. The Hall–Kier alpha value is -2.30. The van der Waals surface area contributed by atoms with E-state index in [2.05, 4.69) is 15.4 Å². The number of hydrogen-bond donors (Lipinski definition) is 2. The summed E-state index contributed by atoms with van der Waals surface area (Å²) in [4.78, 5) is 21.8. The minimum absolute atomic E-state index is 0.113. The number of nitrogens with one attached hydrogen (secondary N) is 2. The molecule has 1 amide bonds. The van der Waals surface area contributed by atoms with Gasteiger partial charge in [-0.05, 0) is 31.2 Å². The van der Waals surface area contributed by atoms with Gasteiger partial charge in [0.2, 0.25) is 5.91 Å². The Bertz CT molecular complexity index is 464. The van der Waals surface area contributed by atoms with E-state index in [4.69, 9.17) is 0 Å². The molecule has 0 saturated carbocycles. The predicted octanol–water partition coefficient (Wildman–Crippen LogP) is 2.13. The van der Waals surface area contributed by atoms with Gasteiger partial charge >= 0.3 is 5.97 Å². The Labute approximate surface area is 106 Å². The lowest BCUT2D eigenvalue weighted by molar-refractivity contribution is -0.134. The number of esters is 1. The summed E-state index contributed by atoms with van der Waals surface area (Å²) in [7, 11) is 1.33. The third-order valence-corrected chi connectivity index (χ3v) is 2.08. The molecule has 0 spiro atoms. The molecule has 5 nitrogen and oxygen atoms in total. The topological polar surface area (TPSA) is 67.4 Å². The van der Waals surface area contributed by atoms with Crippen LogP contribution in [0.5, 0.6) is 0 Å². The molecule has 0 radical (unpaired) electrons. The van der Waals surface area contributed by atoms with Gasteiger partial charge in [0, 0.05) is 30.1 Å². The van der Waals surface area contributed by atoms with E-state index in [-0.39, 0.29) is 5.91 Å². The number of carbonyl (C=O) groups excluding carboxylic acids is 2. The first-order valence-corrected chi connectivity index (χ1v) is 5.42. The third kappa shape index (κ3) is 4.69. The lowest BCUT2D eigenvalue weighted by atomic mass is 10.2. The van der Waals surface area contributed by atoms with E-state index in [1.165, 1.54) is 20.1 Å². The maximum atomic E-state index is 11.0. The second-order valence-electron chi connectivity index (χ2n) is 3.73. The molecule has 5 heteroatoms. The van der Waals surface area contributed by atoms with Crippen LogP contribution in [0.2, 0.25) is 0 Å². The molecule has 0 fully saturated rings. The first kappa shape index (κ1) is 13.8. The number of amides is 1. The molecule has 0 aliphatic rings. The molecule has 0 unspecified atom stereocenters. The molecule has 0 aromatic heterocycles. The van der Waals surface area contributed by atoms with Crippen molar-refractivity contribution in [3.63, 3.8) is 0 Å². The zero-order valence-electron chi connectivity index (χ0n) is 10.6. The summed E-state index contributed by atoms with van der Waals surface area (Å²) in [6, 6.07) is 7.16. The van der Waals surface area contributed by atoms with Crippen LogP contribution in [-0.4, -0.2) is 19.0 Å². The van der Waals surface area contributed by atoms with Crippen molar-refractivity contribution >= 4 is 23.3 Å². The molecule has 0 aliphatic carbocycles. The van der Waals surface area contributed by atoms with Crippen molar-refractivity contribution in [2.24, 2.45) is 0 Å². The third-order valence-electron chi connectivity index (χ3n) is 2.08. The van der Waals surface area contributed by atoms with Crippen molar-refractivity contribution < 1.29 is 14.3 Å². The smallest absolute Gasteiger partial charge is 0.332 e. The van der Waals surface area contributed by atoms with E-state index < -0.39 is 5.97 Å². The average Bonchev–Trinajstić information content (AvgIpc) is 2.30. The van der Waals surface area contributed by atoms with Crippen molar-refractivity contribution in [1.29, 1.82) is 0 Å². The molecule has 1 aromatic rings. The zero-order chi connectivity index (χ0) is 13.5. The molecule has 0 saturated heterocycles. The van der Waals surface area contributed by atoms with Crippen LogP contribution in [-0.2, 0) is 14.3 Å². The predicted molar refractivity (Wildman–Crippen MR) is 70.1 cm³/mol. The Morgan fingerprint density at radius 1 is 1.06 bits per heavy atom. The summed E-state index contributed by atoms with van der Waals surface area (Å²) < 4.78 is 4.52. The fourth-order valence-corrected chi connectivity index (χ4v) is 1.34. The lowest BCUT2D eigenvalue weighted by Crippen LogP contribution is -2.06. The number of rotatable bonds is 4. The average molecular weight is 248 g/mol. The fourth-order valence-electron chi connectivity index (χ4n) is 1.34. The lowest BCUT2D eigenvalue weighted by Gasteiger charge is -2.07. The highest BCUT2D eigenvalue weighted by molar-refractivity contribution is 5.88. The first-order valence-electron chi connectivity index (χ1n) is 5.42. The normalized spacial score (nSPS) is 10.7. The Morgan fingerprint density at radius 3 is 2.00 bits per heavy atom. The molecule has 0 bridgehead atoms. The van der Waals surface area contributed by atoms with Gasteiger partial charge in [0.05, 0.1) is 7.11 Å². The van der Waals surface area contributed by atoms with Crippen molar-refractivity contribution in [3.05, 3.63) is 36.0 Å². The second-order valence-corrected chi connectivity index (χ2v) is 3.73. The van der Waals surface area contributed by atoms with Crippen LogP contribution in [0.3, 0.4) is 0 Å². The van der Waals surface area contributed by atoms with Crippen LogP contribution < -0.4 is 10.6 Å². The monoisotopic (exact) mass is 248 g/mol. The Morgan fingerprint density at radius 2 is 1.56 bits per heavy atom.